The molecular weight excluding hydrogens is 218 g/mol. The summed E-state index contributed by atoms with van der Waals surface area (Å²) < 4.78 is 6.84. The van der Waals surface area contributed by atoms with Crippen molar-refractivity contribution >= 4 is 5.97 Å². The quantitative estimate of drug-likeness (QED) is 0.764. The fourth-order valence-corrected chi connectivity index (χ4v) is 1.51. The molecule has 1 atom stereocenters. The fraction of sp³-hybridized carbons (Fsp3) is 0.667. The Morgan fingerprint density at radius 2 is 2.24 bits per heavy atom. The van der Waals surface area contributed by atoms with Crippen LogP contribution in [-0.2, 0) is 16.1 Å². The minimum Gasteiger partial charge on any atom is -0.464 e. The van der Waals surface area contributed by atoms with Crippen LogP contribution in [0.4, 0.5) is 0 Å². The molecule has 17 heavy (non-hydrogen) atoms. The summed E-state index contributed by atoms with van der Waals surface area (Å²) in [4.78, 5) is 15.9. The molecule has 0 spiro atoms. The highest BCUT2D eigenvalue weighted by Gasteiger charge is 2.18. The van der Waals surface area contributed by atoms with E-state index in [0.29, 0.717) is 19.2 Å². The molecule has 0 aliphatic rings. The van der Waals surface area contributed by atoms with E-state index in [2.05, 4.69) is 24.1 Å². The highest BCUT2D eigenvalue weighted by molar-refractivity contribution is 5.73. The number of imidazole rings is 1. The van der Waals surface area contributed by atoms with Crippen molar-refractivity contribution in [2.75, 3.05) is 6.61 Å². The first-order valence-electron chi connectivity index (χ1n) is 5.98. The van der Waals surface area contributed by atoms with Crippen LogP contribution in [0, 0.1) is 0 Å². The van der Waals surface area contributed by atoms with Crippen LogP contribution in [0.3, 0.4) is 0 Å². The summed E-state index contributed by atoms with van der Waals surface area (Å²) >= 11 is 0. The summed E-state index contributed by atoms with van der Waals surface area (Å²) in [5, 5.41) is 3.28. The molecule has 0 aliphatic heterocycles. The lowest BCUT2D eigenvalue weighted by Crippen LogP contribution is -2.26. The van der Waals surface area contributed by atoms with Gasteiger partial charge in [-0.2, -0.15) is 0 Å². The number of esters is 1. The van der Waals surface area contributed by atoms with Crippen molar-refractivity contribution in [3.05, 3.63) is 18.2 Å². The van der Waals surface area contributed by atoms with Crippen LogP contribution in [0.5, 0.6) is 0 Å². The zero-order valence-electron chi connectivity index (χ0n) is 10.9. The second kappa shape index (κ2) is 6.39. The molecule has 0 aromatic carbocycles. The van der Waals surface area contributed by atoms with Gasteiger partial charge in [-0.05, 0) is 13.8 Å². The van der Waals surface area contributed by atoms with E-state index >= 15 is 0 Å². The highest BCUT2D eigenvalue weighted by atomic mass is 16.5. The molecular formula is C12H21N3O2. The van der Waals surface area contributed by atoms with E-state index in [0.717, 1.165) is 5.82 Å². The Bertz CT molecular complexity index is 360. The van der Waals surface area contributed by atoms with Gasteiger partial charge in [-0.25, -0.2) is 9.78 Å². The first kappa shape index (κ1) is 13.7. The van der Waals surface area contributed by atoms with Crippen molar-refractivity contribution in [3.63, 3.8) is 0 Å². The Kier molecular flexibility index (Phi) is 5.15. The summed E-state index contributed by atoms with van der Waals surface area (Å²) in [6.45, 7) is 8.81. The molecule has 0 fully saturated rings. The summed E-state index contributed by atoms with van der Waals surface area (Å²) in [5.74, 6) is 0.621. The van der Waals surface area contributed by atoms with E-state index in [4.69, 9.17) is 4.74 Å². The topological polar surface area (TPSA) is 56.2 Å². The lowest BCUT2D eigenvalue weighted by Gasteiger charge is -2.16. The van der Waals surface area contributed by atoms with Gasteiger partial charge in [-0.1, -0.05) is 13.8 Å². The van der Waals surface area contributed by atoms with E-state index in [1.807, 2.05) is 11.5 Å². The summed E-state index contributed by atoms with van der Waals surface area (Å²) in [6, 6.07) is 0.0551. The zero-order chi connectivity index (χ0) is 12.8. The number of hydrogen-bond acceptors (Lipinski definition) is 4. The standard InChI is InChI=1S/C12H21N3O2/c1-5-17-12(16)10(4)15-7-6-13-11(15)8-14-9(2)3/h6-7,9-10,14H,5,8H2,1-4H3. The van der Waals surface area contributed by atoms with Crippen LogP contribution in [0.2, 0.25) is 0 Å². The number of carbonyl (C=O) groups excluding carboxylic acids is 1. The molecule has 1 unspecified atom stereocenters. The van der Waals surface area contributed by atoms with Gasteiger partial charge in [0, 0.05) is 18.4 Å². The molecule has 0 radical (unpaired) electrons. The Hall–Kier alpha value is -1.36. The number of nitrogens with zero attached hydrogens (tertiary/aromatic N) is 2. The molecule has 5 nitrogen and oxygen atoms in total. The predicted octanol–water partition coefficient (Wildman–Crippen LogP) is 1.51. The third-order valence-electron chi connectivity index (χ3n) is 2.46. The zero-order valence-corrected chi connectivity index (χ0v) is 10.9. The van der Waals surface area contributed by atoms with E-state index in [1.165, 1.54) is 0 Å². The van der Waals surface area contributed by atoms with E-state index in [9.17, 15) is 4.79 Å². The van der Waals surface area contributed by atoms with Gasteiger partial charge in [-0.15, -0.1) is 0 Å². The Morgan fingerprint density at radius 1 is 1.53 bits per heavy atom. The molecule has 0 aliphatic carbocycles. The normalized spacial score (nSPS) is 12.8. The van der Waals surface area contributed by atoms with Crippen LogP contribution in [0.15, 0.2) is 12.4 Å². The van der Waals surface area contributed by atoms with Crippen LogP contribution in [0.1, 0.15) is 39.6 Å². The third-order valence-corrected chi connectivity index (χ3v) is 2.46. The molecule has 1 N–H and O–H groups in total. The van der Waals surface area contributed by atoms with Crippen molar-refractivity contribution in [2.24, 2.45) is 0 Å². The van der Waals surface area contributed by atoms with Gasteiger partial charge in [0.05, 0.1) is 13.2 Å². The van der Waals surface area contributed by atoms with E-state index < -0.39 is 0 Å². The molecule has 1 aromatic rings. The Morgan fingerprint density at radius 3 is 2.82 bits per heavy atom. The average molecular weight is 239 g/mol. The maximum atomic E-state index is 11.6. The summed E-state index contributed by atoms with van der Waals surface area (Å²) in [7, 11) is 0. The molecule has 0 saturated heterocycles. The van der Waals surface area contributed by atoms with E-state index in [-0.39, 0.29) is 12.0 Å². The average Bonchev–Trinajstić information content (AvgIpc) is 2.73. The van der Waals surface area contributed by atoms with Gasteiger partial charge >= 0.3 is 5.97 Å². The minimum absolute atomic E-state index is 0.226. The van der Waals surface area contributed by atoms with E-state index in [1.54, 1.807) is 19.3 Å². The first-order valence-corrected chi connectivity index (χ1v) is 5.98. The van der Waals surface area contributed by atoms with Crippen molar-refractivity contribution in [3.8, 4) is 0 Å². The van der Waals surface area contributed by atoms with Crippen molar-refractivity contribution in [2.45, 2.75) is 46.3 Å². The SMILES string of the molecule is CCOC(=O)C(C)n1ccnc1CNC(C)C. The molecule has 0 saturated carbocycles. The largest absolute Gasteiger partial charge is 0.464 e. The van der Waals surface area contributed by atoms with Gasteiger partial charge in [-0.3, -0.25) is 0 Å². The maximum absolute atomic E-state index is 11.6. The number of aromatic nitrogens is 2. The number of ether oxygens (including phenoxy) is 1. The number of nitrogens with one attached hydrogen (secondary N) is 1. The highest BCUT2D eigenvalue weighted by Crippen LogP contribution is 2.11. The predicted molar refractivity (Wildman–Crippen MR) is 65.5 cm³/mol. The minimum atomic E-state index is -0.332. The monoisotopic (exact) mass is 239 g/mol. The first-order chi connectivity index (χ1) is 8.06. The summed E-state index contributed by atoms with van der Waals surface area (Å²) in [5.41, 5.74) is 0. The Balaban J connectivity index is 2.70. The molecule has 0 bridgehead atoms. The number of hydrogen-bond donors (Lipinski definition) is 1. The fourth-order valence-electron chi connectivity index (χ4n) is 1.51. The van der Waals surface area contributed by atoms with Crippen LogP contribution in [-0.4, -0.2) is 28.2 Å². The van der Waals surface area contributed by atoms with Gasteiger partial charge in [0.15, 0.2) is 0 Å². The molecule has 96 valence electrons. The third kappa shape index (κ3) is 3.85. The lowest BCUT2D eigenvalue weighted by atomic mass is 10.3. The van der Waals surface area contributed by atoms with Crippen LogP contribution in [0.25, 0.3) is 0 Å². The van der Waals surface area contributed by atoms with Gasteiger partial charge in [0.25, 0.3) is 0 Å². The number of rotatable bonds is 6. The van der Waals surface area contributed by atoms with Crippen LogP contribution >= 0.6 is 0 Å². The van der Waals surface area contributed by atoms with Gasteiger partial charge < -0.3 is 14.6 Å². The molecule has 0 amide bonds. The van der Waals surface area contributed by atoms with Gasteiger partial charge in [0.1, 0.15) is 11.9 Å². The number of carbonyl (C=O) groups is 1. The second-order valence-electron chi connectivity index (χ2n) is 4.21. The van der Waals surface area contributed by atoms with Crippen molar-refractivity contribution in [1.82, 2.24) is 14.9 Å². The Labute approximate surface area is 102 Å². The molecule has 1 aromatic heterocycles. The smallest absolute Gasteiger partial charge is 0.328 e. The molecule has 1 rings (SSSR count). The summed E-state index contributed by atoms with van der Waals surface area (Å²) in [6.07, 6.45) is 3.51. The van der Waals surface area contributed by atoms with Crippen LogP contribution < -0.4 is 5.32 Å². The van der Waals surface area contributed by atoms with Crippen molar-refractivity contribution < 1.29 is 9.53 Å². The molecule has 1 heterocycles. The van der Waals surface area contributed by atoms with Gasteiger partial charge in [0.2, 0.25) is 0 Å². The maximum Gasteiger partial charge on any atom is 0.328 e. The lowest BCUT2D eigenvalue weighted by molar-refractivity contribution is -0.146. The molecule has 5 heteroatoms. The van der Waals surface area contributed by atoms with Crippen molar-refractivity contribution in [1.29, 1.82) is 0 Å². The second-order valence-corrected chi connectivity index (χ2v) is 4.21.